The van der Waals surface area contributed by atoms with Crippen molar-refractivity contribution in [2.75, 3.05) is 7.11 Å². The fraction of sp³-hybridized carbons (Fsp3) is 0.0741. The number of hydrogen-bond acceptors (Lipinski definition) is 6. The van der Waals surface area contributed by atoms with E-state index < -0.39 is 17.5 Å². The van der Waals surface area contributed by atoms with Crippen molar-refractivity contribution in [3.05, 3.63) is 118 Å². The molecular weight excluding hydrogens is 468 g/mol. The summed E-state index contributed by atoms with van der Waals surface area (Å²) in [5.41, 5.74) is 2.18. The number of carbonyl (C=O) groups excluding carboxylic acids is 2. The number of furan rings is 1. The minimum absolute atomic E-state index is 0.231. The minimum atomic E-state index is -1.94. The van der Waals surface area contributed by atoms with E-state index in [1.165, 1.54) is 13.3 Å². The quantitative estimate of drug-likeness (QED) is 0.221. The number of nitrogens with one attached hydrogen (secondary N) is 1. The molecule has 0 aliphatic rings. The molecule has 4 aromatic rings. The van der Waals surface area contributed by atoms with Crippen LogP contribution in [0.3, 0.4) is 0 Å². The molecule has 176 valence electrons. The third-order valence-corrected chi connectivity index (χ3v) is 5.67. The Balaban J connectivity index is 1.52. The van der Waals surface area contributed by atoms with Crippen LogP contribution in [0.15, 0.2) is 101 Å². The Labute approximate surface area is 206 Å². The predicted molar refractivity (Wildman–Crippen MR) is 132 cm³/mol. The summed E-state index contributed by atoms with van der Waals surface area (Å²) in [6, 6.07) is 25.5. The standard InChI is InChI=1S/C27H21ClN2O5/c1-34-25(31)22-14-12-18(16-23(22)28)24-15-13-21(35-24)17-29-30-26(32)27(33,19-8-4-2-5-9-19)20-10-6-3-7-11-20/h2-17,33H,1H3,(H,30,32)/b29-17+. The molecule has 0 unspecified atom stereocenters. The fourth-order valence-corrected chi connectivity index (χ4v) is 3.80. The first-order valence-electron chi connectivity index (χ1n) is 10.6. The van der Waals surface area contributed by atoms with Crippen LogP contribution in [0, 0.1) is 0 Å². The second kappa shape index (κ2) is 10.4. The van der Waals surface area contributed by atoms with Crippen LogP contribution in [0.5, 0.6) is 0 Å². The zero-order chi connectivity index (χ0) is 24.8. The third kappa shape index (κ3) is 5.01. The molecule has 0 aliphatic carbocycles. The SMILES string of the molecule is COC(=O)c1ccc(-c2ccc(/C=N/NC(=O)C(O)(c3ccccc3)c3ccccc3)o2)cc1Cl. The number of methoxy groups -OCH3 is 1. The number of benzene rings is 3. The van der Waals surface area contributed by atoms with Gasteiger partial charge in [-0.1, -0.05) is 78.3 Å². The lowest BCUT2D eigenvalue weighted by atomic mass is 9.85. The van der Waals surface area contributed by atoms with E-state index in [4.69, 9.17) is 20.8 Å². The van der Waals surface area contributed by atoms with E-state index in [0.29, 0.717) is 28.2 Å². The highest BCUT2D eigenvalue weighted by atomic mass is 35.5. The van der Waals surface area contributed by atoms with Gasteiger partial charge in [-0.2, -0.15) is 5.10 Å². The predicted octanol–water partition coefficient (Wildman–Crippen LogP) is 4.77. The Morgan fingerprint density at radius 3 is 2.17 bits per heavy atom. The lowest BCUT2D eigenvalue weighted by Crippen LogP contribution is -2.43. The van der Waals surface area contributed by atoms with Crippen molar-refractivity contribution >= 4 is 29.7 Å². The van der Waals surface area contributed by atoms with Gasteiger partial charge in [-0.25, -0.2) is 10.2 Å². The average molecular weight is 489 g/mol. The van der Waals surface area contributed by atoms with Crippen molar-refractivity contribution in [3.8, 4) is 11.3 Å². The number of esters is 1. The Hall–Kier alpha value is -4.20. The second-order valence-electron chi connectivity index (χ2n) is 7.53. The van der Waals surface area contributed by atoms with Crippen molar-refractivity contribution in [1.29, 1.82) is 0 Å². The second-order valence-corrected chi connectivity index (χ2v) is 7.94. The Bertz CT molecular complexity index is 1330. The first kappa shape index (κ1) is 23.9. The molecule has 1 heterocycles. The zero-order valence-corrected chi connectivity index (χ0v) is 19.4. The van der Waals surface area contributed by atoms with Crippen LogP contribution in [0.2, 0.25) is 5.02 Å². The maximum atomic E-state index is 13.1. The van der Waals surface area contributed by atoms with E-state index >= 15 is 0 Å². The van der Waals surface area contributed by atoms with Gasteiger partial charge in [0.25, 0.3) is 5.91 Å². The lowest BCUT2D eigenvalue weighted by molar-refractivity contribution is -0.136. The maximum Gasteiger partial charge on any atom is 0.339 e. The summed E-state index contributed by atoms with van der Waals surface area (Å²) in [5, 5.41) is 15.6. The number of aliphatic hydroxyl groups is 1. The number of halogens is 1. The molecule has 7 nitrogen and oxygen atoms in total. The van der Waals surface area contributed by atoms with Gasteiger partial charge >= 0.3 is 5.97 Å². The van der Waals surface area contributed by atoms with Gasteiger partial charge in [0.2, 0.25) is 0 Å². The van der Waals surface area contributed by atoms with E-state index in [1.54, 1.807) is 91.0 Å². The molecule has 0 bridgehead atoms. The van der Waals surface area contributed by atoms with Gasteiger partial charge in [-0.05, 0) is 35.4 Å². The van der Waals surface area contributed by atoms with Crippen LogP contribution >= 0.6 is 11.6 Å². The first-order valence-corrected chi connectivity index (χ1v) is 11.0. The van der Waals surface area contributed by atoms with Gasteiger partial charge in [-0.15, -0.1) is 0 Å². The number of hydrogen-bond donors (Lipinski definition) is 2. The van der Waals surface area contributed by atoms with Crippen molar-refractivity contribution < 1.29 is 23.8 Å². The number of ether oxygens (including phenoxy) is 1. The molecule has 2 N–H and O–H groups in total. The van der Waals surface area contributed by atoms with Gasteiger partial charge < -0.3 is 14.3 Å². The van der Waals surface area contributed by atoms with Crippen molar-refractivity contribution in [2.24, 2.45) is 5.10 Å². The Morgan fingerprint density at radius 2 is 1.60 bits per heavy atom. The van der Waals surface area contributed by atoms with Crippen LogP contribution in [0.4, 0.5) is 0 Å². The molecule has 0 radical (unpaired) electrons. The molecule has 0 saturated carbocycles. The number of carbonyl (C=O) groups is 2. The zero-order valence-electron chi connectivity index (χ0n) is 18.6. The molecule has 0 spiro atoms. The highest BCUT2D eigenvalue weighted by Gasteiger charge is 2.39. The van der Waals surface area contributed by atoms with Gasteiger partial charge in [0.05, 0.1) is 23.9 Å². The average Bonchev–Trinajstić information content (AvgIpc) is 3.37. The Kier molecular flexibility index (Phi) is 7.10. The molecular formula is C27H21ClN2O5. The molecule has 0 atom stereocenters. The van der Waals surface area contributed by atoms with Crippen LogP contribution in [0.1, 0.15) is 27.2 Å². The van der Waals surface area contributed by atoms with Crippen LogP contribution in [-0.2, 0) is 15.1 Å². The topological polar surface area (TPSA) is 101 Å². The van der Waals surface area contributed by atoms with Crippen molar-refractivity contribution in [3.63, 3.8) is 0 Å². The van der Waals surface area contributed by atoms with Gasteiger partial charge in [0.1, 0.15) is 11.5 Å². The highest BCUT2D eigenvalue weighted by Crippen LogP contribution is 2.30. The van der Waals surface area contributed by atoms with Crippen LogP contribution in [-0.4, -0.2) is 30.3 Å². The molecule has 0 aliphatic heterocycles. The fourth-order valence-electron chi connectivity index (χ4n) is 3.54. The molecule has 1 amide bonds. The first-order chi connectivity index (χ1) is 16.9. The molecule has 35 heavy (non-hydrogen) atoms. The summed E-state index contributed by atoms with van der Waals surface area (Å²) in [4.78, 5) is 24.8. The summed E-state index contributed by atoms with van der Waals surface area (Å²) in [5.74, 6) is -0.406. The number of rotatable bonds is 7. The van der Waals surface area contributed by atoms with E-state index in [-0.39, 0.29) is 10.6 Å². The molecule has 1 aromatic heterocycles. The third-order valence-electron chi connectivity index (χ3n) is 5.36. The molecule has 3 aromatic carbocycles. The van der Waals surface area contributed by atoms with E-state index in [9.17, 15) is 14.7 Å². The van der Waals surface area contributed by atoms with E-state index in [2.05, 4.69) is 10.5 Å². The summed E-state index contributed by atoms with van der Waals surface area (Å²) in [7, 11) is 1.28. The number of amides is 1. The molecule has 4 rings (SSSR count). The summed E-state index contributed by atoms with van der Waals surface area (Å²) in [6.45, 7) is 0. The monoisotopic (exact) mass is 488 g/mol. The van der Waals surface area contributed by atoms with Crippen molar-refractivity contribution in [2.45, 2.75) is 5.60 Å². The molecule has 8 heteroatoms. The smallest absolute Gasteiger partial charge is 0.339 e. The summed E-state index contributed by atoms with van der Waals surface area (Å²) in [6.07, 6.45) is 1.32. The number of nitrogens with zero attached hydrogens (tertiary/aromatic N) is 1. The van der Waals surface area contributed by atoms with Crippen molar-refractivity contribution in [1.82, 2.24) is 5.43 Å². The van der Waals surface area contributed by atoms with E-state index in [0.717, 1.165) is 0 Å². The highest BCUT2D eigenvalue weighted by molar-refractivity contribution is 6.33. The summed E-state index contributed by atoms with van der Waals surface area (Å²) >= 11 is 6.18. The number of hydrazone groups is 1. The molecule has 0 saturated heterocycles. The van der Waals surface area contributed by atoms with Crippen LogP contribution in [0.25, 0.3) is 11.3 Å². The minimum Gasteiger partial charge on any atom is -0.465 e. The molecule has 0 fully saturated rings. The van der Waals surface area contributed by atoms with E-state index in [1.807, 2.05) is 0 Å². The van der Waals surface area contributed by atoms with Gasteiger partial charge in [0, 0.05) is 5.56 Å². The Morgan fingerprint density at radius 1 is 0.971 bits per heavy atom. The summed E-state index contributed by atoms with van der Waals surface area (Å²) < 4.78 is 10.4. The maximum absolute atomic E-state index is 13.1. The van der Waals surface area contributed by atoms with Crippen LogP contribution < -0.4 is 5.43 Å². The lowest BCUT2D eigenvalue weighted by Gasteiger charge is -2.26. The van der Waals surface area contributed by atoms with Gasteiger partial charge in [0.15, 0.2) is 5.60 Å². The normalized spacial score (nSPS) is 11.4. The van der Waals surface area contributed by atoms with Gasteiger partial charge in [-0.3, -0.25) is 4.79 Å². The largest absolute Gasteiger partial charge is 0.465 e.